The van der Waals surface area contributed by atoms with Crippen molar-refractivity contribution in [1.29, 1.82) is 0 Å². The lowest BCUT2D eigenvalue weighted by Crippen LogP contribution is -2.32. The van der Waals surface area contributed by atoms with E-state index >= 15 is 0 Å². The van der Waals surface area contributed by atoms with Crippen LogP contribution in [-0.4, -0.2) is 30.1 Å². The Labute approximate surface area is 90.8 Å². The molecular formula is C10H21NO2S. The van der Waals surface area contributed by atoms with Crippen LogP contribution in [0, 0.1) is 0 Å². The summed E-state index contributed by atoms with van der Waals surface area (Å²) in [6.07, 6.45) is 3.17. The molecule has 0 amide bonds. The van der Waals surface area contributed by atoms with Gasteiger partial charge in [-0.2, -0.15) is 11.8 Å². The standard InChI is InChI=1S/C10H21NO2S/c1-3-5-7-14-8-6-9(11)10(12)13-4-2/h9H,3-8,11H2,1-2H3. The van der Waals surface area contributed by atoms with Crippen molar-refractivity contribution < 1.29 is 9.53 Å². The molecule has 0 heterocycles. The molecular weight excluding hydrogens is 198 g/mol. The summed E-state index contributed by atoms with van der Waals surface area (Å²) in [5.74, 6) is 1.83. The maximum absolute atomic E-state index is 11.1. The van der Waals surface area contributed by atoms with Crippen molar-refractivity contribution in [2.24, 2.45) is 5.73 Å². The number of unbranched alkanes of at least 4 members (excludes halogenated alkanes) is 1. The van der Waals surface area contributed by atoms with E-state index in [-0.39, 0.29) is 5.97 Å². The molecule has 0 aromatic heterocycles. The Bertz CT molecular complexity index is 153. The number of carbonyl (C=O) groups is 1. The third-order valence-electron chi connectivity index (χ3n) is 1.80. The molecule has 0 bridgehead atoms. The summed E-state index contributed by atoms with van der Waals surface area (Å²) in [6, 6.07) is -0.441. The number of nitrogens with two attached hydrogens (primary N) is 1. The molecule has 0 fully saturated rings. The quantitative estimate of drug-likeness (QED) is 0.499. The molecule has 0 rings (SSSR count). The van der Waals surface area contributed by atoms with Crippen LogP contribution in [0.4, 0.5) is 0 Å². The van der Waals surface area contributed by atoms with Crippen LogP contribution in [0.1, 0.15) is 33.1 Å². The lowest BCUT2D eigenvalue weighted by atomic mass is 10.2. The van der Waals surface area contributed by atoms with Gasteiger partial charge in [0.1, 0.15) is 6.04 Å². The fourth-order valence-corrected chi connectivity index (χ4v) is 2.04. The van der Waals surface area contributed by atoms with E-state index in [4.69, 9.17) is 10.5 Å². The third kappa shape index (κ3) is 7.21. The van der Waals surface area contributed by atoms with E-state index in [0.717, 1.165) is 11.5 Å². The van der Waals surface area contributed by atoms with Crippen molar-refractivity contribution in [3.05, 3.63) is 0 Å². The Morgan fingerprint density at radius 1 is 1.43 bits per heavy atom. The molecule has 0 saturated carbocycles. The molecule has 1 atom stereocenters. The van der Waals surface area contributed by atoms with Crippen molar-refractivity contribution >= 4 is 17.7 Å². The summed E-state index contributed by atoms with van der Waals surface area (Å²) in [5, 5.41) is 0. The fraction of sp³-hybridized carbons (Fsp3) is 0.900. The van der Waals surface area contributed by atoms with E-state index in [1.54, 1.807) is 6.92 Å². The highest BCUT2D eigenvalue weighted by atomic mass is 32.2. The summed E-state index contributed by atoms with van der Waals surface area (Å²) in [7, 11) is 0. The Morgan fingerprint density at radius 3 is 2.71 bits per heavy atom. The normalized spacial score (nSPS) is 12.5. The minimum absolute atomic E-state index is 0.274. The number of hydrogen-bond acceptors (Lipinski definition) is 4. The van der Waals surface area contributed by atoms with Crippen LogP contribution in [0.2, 0.25) is 0 Å². The Morgan fingerprint density at radius 2 is 2.14 bits per heavy atom. The molecule has 0 aromatic carbocycles. The van der Waals surface area contributed by atoms with Gasteiger partial charge in [0.25, 0.3) is 0 Å². The molecule has 0 aliphatic heterocycles. The third-order valence-corrected chi connectivity index (χ3v) is 2.91. The summed E-state index contributed by atoms with van der Waals surface area (Å²) in [5.41, 5.74) is 5.63. The monoisotopic (exact) mass is 219 g/mol. The van der Waals surface area contributed by atoms with Gasteiger partial charge >= 0.3 is 5.97 Å². The first-order chi connectivity index (χ1) is 6.72. The van der Waals surface area contributed by atoms with Crippen LogP contribution >= 0.6 is 11.8 Å². The van der Waals surface area contributed by atoms with Gasteiger partial charge in [-0.15, -0.1) is 0 Å². The van der Waals surface area contributed by atoms with E-state index in [1.165, 1.54) is 12.8 Å². The van der Waals surface area contributed by atoms with Crippen molar-refractivity contribution in [2.45, 2.75) is 39.2 Å². The number of ether oxygens (including phenoxy) is 1. The highest BCUT2D eigenvalue weighted by Crippen LogP contribution is 2.07. The topological polar surface area (TPSA) is 52.3 Å². The van der Waals surface area contributed by atoms with E-state index < -0.39 is 6.04 Å². The van der Waals surface area contributed by atoms with Gasteiger partial charge in [0.2, 0.25) is 0 Å². The molecule has 0 aliphatic rings. The molecule has 0 spiro atoms. The van der Waals surface area contributed by atoms with Gasteiger partial charge in [-0.3, -0.25) is 4.79 Å². The van der Waals surface area contributed by atoms with Crippen LogP contribution < -0.4 is 5.73 Å². The van der Waals surface area contributed by atoms with Gasteiger partial charge in [0, 0.05) is 0 Å². The van der Waals surface area contributed by atoms with E-state index in [0.29, 0.717) is 13.0 Å². The van der Waals surface area contributed by atoms with Gasteiger partial charge in [-0.25, -0.2) is 0 Å². The Balaban J connectivity index is 3.34. The summed E-state index contributed by atoms with van der Waals surface area (Å²) in [4.78, 5) is 11.1. The average molecular weight is 219 g/mol. The zero-order chi connectivity index (χ0) is 10.8. The number of esters is 1. The van der Waals surface area contributed by atoms with Crippen LogP contribution in [0.3, 0.4) is 0 Å². The average Bonchev–Trinajstić information content (AvgIpc) is 2.17. The minimum atomic E-state index is -0.441. The first-order valence-electron chi connectivity index (χ1n) is 5.22. The van der Waals surface area contributed by atoms with E-state index in [9.17, 15) is 4.79 Å². The highest BCUT2D eigenvalue weighted by molar-refractivity contribution is 7.99. The van der Waals surface area contributed by atoms with Crippen LogP contribution in [-0.2, 0) is 9.53 Å². The minimum Gasteiger partial charge on any atom is -0.465 e. The molecule has 2 N–H and O–H groups in total. The first kappa shape index (κ1) is 13.8. The lowest BCUT2D eigenvalue weighted by Gasteiger charge is -2.09. The zero-order valence-corrected chi connectivity index (χ0v) is 9.94. The smallest absolute Gasteiger partial charge is 0.322 e. The SMILES string of the molecule is CCCCSCCC(N)C(=O)OCC. The molecule has 4 heteroatoms. The van der Waals surface area contributed by atoms with Crippen LogP contribution in [0.15, 0.2) is 0 Å². The second-order valence-corrected chi connectivity index (χ2v) is 4.34. The molecule has 0 saturated heterocycles. The zero-order valence-electron chi connectivity index (χ0n) is 9.12. The van der Waals surface area contributed by atoms with Crippen molar-refractivity contribution in [3.63, 3.8) is 0 Å². The van der Waals surface area contributed by atoms with Gasteiger partial charge in [0.05, 0.1) is 6.61 Å². The Hall–Kier alpha value is -0.220. The number of rotatable bonds is 8. The highest BCUT2D eigenvalue weighted by Gasteiger charge is 2.13. The van der Waals surface area contributed by atoms with Gasteiger partial charge in [-0.05, 0) is 31.3 Å². The van der Waals surface area contributed by atoms with Crippen LogP contribution in [0.5, 0.6) is 0 Å². The summed E-state index contributed by atoms with van der Waals surface area (Å²) >= 11 is 1.85. The summed E-state index contributed by atoms with van der Waals surface area (Å²) < 4.78 is 4.81. The van der Waals surface area contributed by atoms with Gasteiger partial charge in [0.15, 0.2) is 0 Å². The fourth-order valence-electron chi connectivity index (χ4n) is 0.926. The molecule has 84 valence electrons. The van der Waals surface area contributed by atoms with Crippen LogP contribution in [0.25, 0.3) is 0 Å². The molecule has 14 heavy (non-hydrogen) atoms. The van der Waals surface area contributed by atoms with Crippen molar-refractivity contribution in [1.82, 2.24) is 0 Å². The second kappa shape index (κ2) is 9.34. The number of hydrogen-bond donors (Lipinski definition) is 1. The molecule has 0 aromatic rings. The first-order valence-corrected chi connectivity index (χ1v) is 6.37. The largest absolute Gasteiger partial charge is 0.465 e. The van der Waals surface area contributed by atoms with Gasteiger partial charge < -0.3 is 10.5 Å². The number of thioether (sulfide) groups is 1. The maximum atomic E-state index is 11.1. The lowest BCUT2D eigenvalue weighted by molar-refractivity contribution is -0.144. The summed E-state index contributed by atoms with van der Waals surface area (Å²) in [6.45, 7) is 4.38. The van der Waals surface area contributed by atoms with E-state index in [1.807, 2.05) is 11.8 Å². The molecule has 0 aliphatic carbocycles. The van der Waals surface area contributed by atoms with Crippen molar-refractivity contribution in [2.75, 3.05) is 18.1 Å². The van der Waals surface area contributed by atoms with Gasteiger partial charge in [-0.1, -0.05) is 13.3 Å². The molecule has 3 nitrogen and oxygen atoms in total. The number of carbonyl (C=O) groups excluding carboxylic acids is 1. The molecule has 0 radical (unpaired) electrons. The molecule has 1 unspecified atom stereocenters. The predicted octanol–water partition coefficient (Wildman–Crippen LogP) is 1.80. The maximum Gasteiger partial charge on any atom is 0.322 e. The predicted molar refractivity (Wildman–Crippen MR) is 61.5 cm³/mol. The van der Waals surface area contributed by atoms with Crippen molar-refractivity contribution in [3.8, 4) is 0 Å². The Kier molecular flexibility index (Phi) is 9.19. The van der Waals surface area contributed by atoms with E-state index in [2.05, 4.69) is 6.92 Å². The second-order valence-electron chi connectivity index (χ2n) is 3.11.